The number of aromatic nitrogens is 2. The van der Waals surface area contributed by atoms with Crippen LogP contribution in [0.3, 0.4) is 0 Å². The highest BCUT2D eigenvalue weighted by atomic mass is 35.5. The molecular weight excluding hydrogens is 466 g/mol. The van der Waals surface area contributed by atoms with Crippen molar-refractivity contribution in [2.45, 2.75) is 13.8 Å². The van der Waals surface area contributed by atoms with E-state index in [-0.39, 0.29) is 17.0 Å². The SMILES string of the molecule is Cc1cc(C)n(-c2ccc(C(=O)OCC(=O)Nc3ccc(Cl)cc3C(=O)c3ccccc3)cc2)n1. The second-order valence-corrected chi connectivity index (χ2v) is 8.33. The zero-order valence-electron chi connectivity index (χ0n) is 19.1. The predicted octanol–water partition coefficient (Wildman–Crippen LogP) is 5.17. The summed E-state index contributed by atoms with van der Waals surface area (Å²) in [5.41, 5.74) is 3.95. The van der Waals surface area contributed by atoms with E-state index in [1.54, 1.807) is 65.3 Å². The van der Waals surface area contributed by atoms with Crippen LogP contribution < -0.4 is 5.32 Å². The van der Waals surface area contributed by atoms with Crippen LogP contribution in [0.5, 0.6) is 0 Å². The zero-order chi connectivity index (χ0) is 24.9. The van der Waals surface area contributed by atoms with E-state index in [1.165, 1.54) is 12.1 Å². The Kier molecular flexibility index (Phi) is 7.08. The van der Waals surface area contributed by atoms with E-state index in [4.69, 9.17) is 16.3 Å². The van der Waals surface area contributed by atoms with Crippen LogP contribution in [0.2, 0.25) is 5.02 Å². The Bertz CT molecular complexity index is 1400. The number of benzene rings is 3. The normalized spacial score (nSPS) is 10.6. The Morgan fingerprint density at radius 3 is 2.29 bits per heavy atom. The Balaban J connectivity index is 1.40. The lowest BCUT2D eigenvalue weighted by Gasteiger charge is -2.12. The highest BCUT2D eigenvalue weighted by molar-refractivity contribution is 6.31. The van der Waals surface area contributed by atoms with Crippen LogP contribution in [0.4, 0.5) is 5.69 Å². The van der Waals surface area contributed by atoms with Gasteiger partial charge in [-0.15, -0.1) is 0 Å². The van der Waals surface area contributed by atoms with E-state index in [2.05, 4.69) is 10.4 Å². The van der Waals surface area contributed by atoms with E-state index < -0.39 is 18.5 Å². The summed E-state index contributed by atoms with van der Waals surface area (Å²) in [5.74, 6) is -1.51. The molecule has 4 aromatic rings. The number of ketones is 1. The van der Waals surface area contributed by atoms with Gasteiger partial charge < -0.3 is 10.1 Å². The number of carbonyl (C=O) groups is 3. The minimum absolute atomic E-state index is 0.239. The molecule has 0 radical (unpaired) electrons. The average molecular weight is 488 g/mol. The number of hydrogen-bond acceptors (Lipinski definition) is 5. The molecule has 176 valence electrons. The molecule has 3 aromatic carbocycles. The first-order valence-electron chi connectivity index (χ1n) is 10.8. The van der Waals surface area contributed by atoms with Gasteiger partial charge >= 0.3 is 5.97 Å². The molecule has 0 saturated carbocycles. The molecule has 1 amide bonds. The molecule has 0 saturated heterocycles. The summed E-state index contributed by atoms with van der Waals surface area (Å²) >= 11 is 6.08. The van der Waals surface area contributed by atoms with E-state index in [9.17, 15) is 14.4 Å². The number of amides is 1. The van der Waals surface area contributed by atoms with Crippen molar-refractivity contribution in [1.82, 2.24) is 9.78 Å². The second-order valence-electron chi connectivity index (χ2n) is 7.90. The molecule has 0 aliphatic heterocycles. The highest BCUT2D eigenvalue weighted by Gasteiger charge is 2.17. The Morgan fingerprint density at radius 2 is 1.63 bits per heavy atom. The number of hydrogen-bond donors (Lipinski definition) is 1. The lowest BCUT2D eigenvalue weighted by molar-refractivity contribution is -0.119. The Hall–Kier alpha value is -4.23. The van der Waals surface area contributed by atoms with Gasteiger partial charge in [-0.1, -0.05) is 41.9 Å². The fourth-order valence-electron chi connectivity index (χ4n) is 3.59. The number of ether oxygens (including phenoxy) is 1. The summed E-state index contributed by atoms with van der Waals surface area (Å²) in [6.07, 6.45) is 0. The van der Waals surface area contributed by atoms with Crippen molar-refractivity contribution < 1.29 is 19.1 Å². The van der Waals surface area contributed by atoms with Crippen LogP contribution in [-0.2, 0) is 9.53 Å². The molecule has 0 aliphatic rings. The number of rotatable bonds is 7. The number of esters is 1. The van der Waals surface area contributed by atoms with Gasteiger partial charge in [0, 0.05) is 21.8 Å². The third kappa shape index (κ3) is 5.65. The maximum atomic E-state index is 12.9. The third-order valence-corrected chi connectivity index (χ3v) is 5.46. The third-order valence-electron chi connectivity index (χ3n) is 5.23. The van der Waals surface area contributed by atoms with Crippen molar-refractivity contribution in [1.29, 1.82) is 0 Å². The van der Waals surface area contributed by atoms with E-state index in [0.29, 0.717) is 16.1 Å². The molecule has 1 heterocycles. The van der Waals surface area contributed by atoms with Crippen molar-refractivity contribution in [2.75, 3.05) is 11.9 Å². The number of aryl methyl sites for hydroxylation is 2. The van der Waals surface area contributed by atoms with Gasteiger partial charge in [0.2, 0.25) is 0 Å². The topological polar surface area (TPSA) is 90.3 Å². The van der Waals surface area contributed by atoms with Crippen molar-refractivity contribution >= 4 is 34.9 Å². The minimum atomic E-state index is -0.642. The molecule has 0 unspecified atom stereocenters. The molecule has 0 aliphatic carbocycles. The standard InChI is InChI=1S/C27H22ClN3O4/c1-17-14-18(2)31(30-17)22-11-8-20(9-12-22)27(34)35-16-25(32)29-24-13-10-21(28)15-23(24)26(33)19-6-4-3-5-7-19/h3-15H,16H2,1-2H3,(H,29,32). The maximum absolute atomic E-state index is 12.9. The summed E-state index contributed by atoms with van der Waals surface area (Å²) in [6, 6.07) is 21.9. The molecule has 0 spiro atoms. The monoisotopic (exact) mass is 487 g/mol. The molecule has 0 bridgehead atoms. The molecule has 0 fully saturated rings. The van der Waals surface area contributed by atoms with Gasteiger partial charge in [-0.05, 0) is 62.4 Å². The molecule has 4 rings (SSSR count). The van der Waals surface area contributed by atoms with Crippen LogP contribution in [-0.4, -0.2) is 34.0 Å². The summed E-state index contributed by atoms with van der Waals surface area (Å²) in [6.45, 7) is 3.34. The molecule has 0 atom stereocenters. The number of nitrogens with one attached hydrogen (secondary N) is 1. The van der Waals surface area contributed by atoms with Crippen molar-refractivity contribution in [3.63, 3.8) is 0 Å². The molecule has 8 heteroatoms. The van der Waals surface area contributed by atoms with Gasteiger partial charge in [-0.2, -0.15) is 5.10 Å². The molecule has 1 N–H and O–H groups in total. The van der Waals surface area contributed by atoms with Gasteiger partial charge in [0.05, 0.1) is 22.6 Å². The Morgan fingerprint density at radius 1 is 0.914 bits per heavy atom. The zero-order valence-corrected chi connectivity index (χ0v) is 19.9. The first kappa shape index (κ1) is 23.9. The molecule has 7 nitrogen and oxygen atoms in total. The first-order valence-corrected chi connectivity index (χ1v) is 11.2. The van der Waals surface area contributed by atoms with Gasteiger partial charge in [0.15, 0.2) is 12.4 Å². The Labute approximate surface area is 207 Å². The largest absolute Gasteiger partial charge is 0.452 e. The lowest BCUT2D eigenvalue weighted by atomic mass is 10.0. The number of halogens is 1. The number of carbonyl (C=O) groups excluding carboxylic acids is 3. The maximum Gasteiger partial charge on any atom is 0.338 e. The van der Waals surface area contributed by atoms with Crippen molar-refractivity contribution in [3.8, 4) is 5.69 Å². The number of nitrogens with zero attached hydrogens (tertiary/aromatic N) is 2. The van der Waals surface area contributed by atoms with Gasteiger partial charge in [-0.25, -0.2) is 9.48 Å². The smallest absolute Gasteiger partial charge is 0.338 e. The highest BCUT2D eigenvalue weighted by Crippen LogP contribution is 2.24. The van der Waals surface area contributed by atoms with Gasteiger partial charge in [-0.3, -0.25) is 9.59 Å². The summed E-state index contributed by atoms with van der Waals surface area (Å²) in [4.78, 5) is 37.8. The van der Waals surface area contributed by atoms with Crippen molar-refractivity contribution in [3.05, 3.63) is 112 Å². The minimum Gasteiger partial charge on any atom is -0.452 e. The van der Waals surface area contributed by atoms with Gasteiger partial charge in [0.1, 0.15) is 0 Å². The lowest BCUT2D eigenvalue weighted by Crippen LogP contribution is -2.22. The fourth-order valence-corrected chi connectivity index (χ4v) is 3.76. The first-order chi connectivity index (χ1) is 16.8. The van der Waals surface area contributed by atoms with E-state index in [0.717, 1.165) is 17.1 Å². The summed E-state index contributed by atoms with van der Waals surface area (Å²) in [5, 5.41) is 7.40. The van der Waals surface area contributed by atoms with Crippen molar-refractivity contribution in [2.24, 2.45) is 0 Å². The summed E-state index contributed by atoms with van der Waals surface area (Å²) < 4.78 is 6.94. The molecule has 35 heavy (non-hydrogen) atoms. The fraction of sp³-hybridized carbons (Fsp3) is 0.111. The van der Waals surface area contributed by atoms with Crippen LogP contribution in [0, 0.1) is 13.8 Å². The number of anilines is 1. The molecular formula is C27H22ClN3O4. The van der Waals surface area contributed by atoms with Crippen LogP contribution in [0.1, 0.15) is 37.7 Å². The van der Waals surface area contributed by atoms with Crippen LogP contribution >= 0.6 is 11.6 Å². The second kappa shape index (κ2) is 10.4. The molecule has 1 aromatic heterocycles. The quantitative estimate of drug-likeness (QED) is 0.287. The predicted molar refractivity (Wildman–Crippen MR) is 133 cm³/mol. The van der Waals surface area contributed by atoms with Crippen LogP contribution in [0.25, 0.3) is 5.69 Å². The van der Waals surface area contributed by atoms with Gasteiger partial charge in [0.25, 0.3) is 5.91 Å². The average Bonchev–Trinajstić information content (AvgIpc) is 3.21. The van der Waals surface area contributed by atoms with E-state index in [1.807, 2.05) is 19.9 Å². The van der Waals surface area contributed by atoms with E-state index >= 15 is 0 Å². The summed E-state index contributed by atoms with van der Waals surface area (Å²) in [7, 11) is 0. The van der Waals surface area contributed by atoms with Crippen LogP contribution in [0.15, 0.2) is 78.9 Å².